The number of carbonyl (C=O) groups excluding carboxylic acids is 1. The Hall–Kier alpha value is -2.76. The quantitative estimate of drug-likeness (QED) is 0.727. The molecule has 0 saturated carbocycles. The van der Waals surface area contributed by atoms with Crippen LogP contribution >= 0.6 is 0 Å². The van der Waals surface area contributed by atoms with Gasteiger partial charge >= 0.3 is 0 Å². The van der Waals surface area contributed by atoms with Gasteiger partial charge in [0.2, 0.25) is 5.78 Å². The van der Waals surface area contributed by atoms with Gasteiger partial charge in [-0.25, -0.2) is 9.97 Å². The smallest absolute Gasteiger partial charge is 0.253 e. The van der Waals surface area contributed by atoms with Crippen LogP contribution < -0.4 is 0 Å². The molecule has 6 nitrogen and oxygen atoms in total. The first-order valence-corrected chi connectivity index (χ1v) is 7.80. The van der Waals surface area contributed by atoms with E-state index < -0.39 is 0 Å². The zero-order valence-electron chi connectivity index (χ0n) is 12.7. The van der Waals surface area contributed by atoms with Crippen LogP contribution in [-0.2, 0) is 0 Å². The number of imidazole rings is 1. The lowest BCUT2D eigenvalue weighted by Gasteiger charge is -2.33. The minimum Gasteiger partial charge on any atom is -0.338 e. The van der Waals surface area contributed by atoms with Crippen LogP contribution in [0.15, 0.2) is 49.2 Å². The lowest BCUT2D eigenvalue weighted by Crippen LogP contribution is -2.39. The predicted octanol–water partition coefficient (Wildman–Crippen LogP) is 2.14. The summed E-state index contributed by atoms with van der Waals surface area (Å²) in [5, 5.41) is 0. The standard InChI is InChI=1S/C17H17N5O/c23-16(13-3-6-18-7-4-13)21-10-1-2-14(12-21)15-5-8-19-17-20-9-11-22(15)17/h3-9,11,14H,1-2,10,12H2/t14-/m0/s1. The third kappa shape index (κ3) is 2.56. The van der Waals surface area contributed by atoms with Crippen LogP contribution in [0.2, 0.25) is 0 Å². The number of hydrogen-bond acceptors (Lipinski definition) is 4. The van der Waals surface area contributed by atoms with Crippen LogP contribution in [-0.4, -0.2) is 43.2 Å². The Kier molecular flexibility index (Phi) is 3.49. The van der Waals surface area contributed by atoms with Gasteiger partial charge in [0.05, 0.1) is 0 Å². The third-order valence-corrected chi connectivity index (χ3v) is 4.39. The molecule has 1 saturated heterocycles. The Morgan fingerprint density at radius 1 is 1.09 bits per heavy atom. The SMILES string of the molecule is O=C(c1ccncc1)N1CCC[C@H](c2ccnc3nccn23)C1. The number of rotatable bonds is 2. The fourth-order valence-corrected chi connectivity index (χ4v) is 3.27. The monoisotopic (exact) mass is 307 g/mol. The second-order valence-electron chi connectivity index (χ2n) is 5.79. The molecule has 4 heterocycles. The van der Waals surface area contributed by atoms with E-state index in [1.54, 1.807) is 36.9 Å². The van der Waals surface area contributed by atoms with E-state index in [9.17, 15) is 4.79 Å². The van der Waals surface area contributed by atoms with E-state index in [1.807, 2.05) is 21.6 Å². The lowest BCUT2D eigenvalue weighted by molar-refractivity contribution is 0.0705. The van der Waals surface area contributed by atoms with Crippen molar-refractivity contribution in [2.24, 2.45) is 0 Å². The molecule has 0 radical (unpaired) electrons. The molecule has 1 aliphatic heterocycles. The van der Waals surface area contributed by atoms with E-state index in [2.05, 4.69) is 15.0 Å². The molecule has 0 spiro atoms. The van der Waals surface area contributed by atoms with Crippen LogP contribution in [0.25, 0.3) is 5.78 Å². The van der Waals surface area contributed by atoms with Gasteiger partial charge in [-0.05, 0) is 31.0 Å². The summed E-state index contributed by atoms with van der Waals surface area (Å²) in [6, 6.07) is 5.57. The number of piperidine rings is 1. The van der Waals surface area contributed by atoms with Gasteiger partial charge in [-0.15, -0.1) is 0 Å². The second kappa shape index (κ2) is 5.79. The number of carbonyl (C=O) groups is 1. The van der Waals surface area contributed by atoms with E-state index in [0.29, 0.717) is 17.3 Å². The van der Waals surface area contributed by atoms with E-state index >= 15 is 0 Å². The number of fused-ring (bicyclic) bond motifs is 1. The highest BCUT2D eigenvalue weighted by atomic mass is 16.2. The van der Waals surface area contributed by atoms with Crippen molar-refractivity contribution in [1.29, 1.82) is 0 Å². The van der Waals surface area contributed by atoms with Crippen molar-refractivity contribution in [2.45, 2.75) is 18.8 Å². The van der Waals surface area contributed by atoms with Crippen molar-refractivity contribution in [3.05, 3.63) is 60.4 Å². The molecule has 0 aliphatic carbocycles. The van der Waals surface area contributed by atoms with Crippen molar-refractivity contribution in [3.8, 4) is 0 Å². The molecular formula is C17H17N5O. The third-order valence-electron chi connectivity index (χ3n) is 4.39. The maximum atomic E-state index is 12.7. The summed E-state index contributed by atoms with van der Waals surface area (Å²) in [7, 11) is 0. The largest absolute Gasteiger partial charge is 0.338 e. The molecule has 4 rings (SSSR count). The molecule has 3 aromatic heterocycles. The molecule has 3 aromatic rings. The highest BCUT2D eigenvalue weighted by Crippen LogP contribution is 2.27. The van der Waals surface area contributed by atoms with Gasteiger partial charge in [0.1, 0.15) is 0 Å². The summed E-state index contributed by atoms with van der Waals surface area (Å²) < 4.78 is 2.02. The molecule has 1 atom stereocenters. The van der Waals surface area contributed by atoms with Gasteiger partial charge in [-0.2, -0.15) is 0 Å². The summed E-state index contributed by atoms with van der Waals surface area (Å²) in [6.45, 7) is 1.52. The van der Waals surface area contributed by atoms with Crippen molar-refractivity contribution >= 4 is 11.7 Å². The Morgan fingerprint density at radius 2 is 1.91 bits per heavy atom. The van der Waals surface area contributed by atoms with Gasteiger partial charge in [0.25, 0.3) is 5.91 Å². The molecule has 0 N–H and O–H groups in total. The van der Waals surface area contributed by atoms with Crippen LogP contribution in [0.3, 0.4) is 0 Å². The average Bonchev–Trinajstić information content (AvgIpc) is 3.10. The minimum absolute atomic E-state index is 0.0769. The zero-order valence-corrected chi connectivity index (χ0v) is 12.7. The molecule has 0 bridgehead atoms. The fourth-order valence-electron chi connectivity index (χ4n) is 3.27. The van der Waals surface area contributed by atoms with Crippen LogP contribution in [0, 0.1) is 0 Å². The summed E-state index contributed by atoms with van der Waals surface area (Å²) in [6.07, 6.45) is 10.9. The molecule has 1 fully saturated rings. The number of likely N-dealkylation sites (tertiary alicyclic amines) is 1. The first kappa shape index (κ1) is 13.9. The van der Waals surface area contributed by atoms with Crippen molar-refractivity contribution in [2.75, 3.05) is 13.1 Å². The van der Waals surface area contributed by atoms with Gasteiger partial charge < -0.3 is 4.90 Å². The normalized spacial score (nSPS) is 18.3. The van der Waals surface area contributed by atoms with Crippen LogP contribution in [0.1, 0.15) is 34.8 Å². The average molecular weight is 307 g/mol. The Labute approximate surface area is 133 Å². The minimum atomic E-state index is 0.0769. The van der Waals surface area contributed by atoms with Crippen LogP contribution in [0.5, 0.6) is 0 Å². The van der Waals surface area contributed by atoms with E-state index in [1.165, 1.54) is 5.69 Å². The van der Waals surface area contributed by atoms with E-state index in [0.717, 1.165) is 25.9 Å². The van der Waals surface area contributed by atoms with E-state index in [-0.39, 0.29) is 5.91 Å². The molecule has 23 heavy (non-hydrogen) atoms. The molecule has 1 amide bonds. The molecule has 116 valence electrons. The first-order valence-electron chi connectivity index (χ1n) is 7.80. The predicted molar refractivity (Wildman–Crippen MR) is 85.1 cm³/mol. The maximum absolute atomic E-state index is 12.7. The summed E-state index contributed by atoms with van der Waals surface area (Å²) in [5.41, 5.74) is 1.86. The number of nitrogens with zero attached hydrogens (tertiary/aromatic N) is 5. The van der Waals surface area contributed by atoms with Gasteiger partial charge in [-0.1, -0.05) is 0 Å². The Morgan fingerprint density at radius 3 is 2.78 bits per heavy atom. The molecule has 0 aromatic carbocycles. The van der Waals surface area contributed by atoms with Gasteiger partial charge in [0.15, 0.2) is 0 Å². The lowest BCUT2D eigenvalue weighted by atomic mass is 9.94. The highest BCUT2D eigenvalue weighted by molar-refractivity contribution is 5.94. The van der Waals surface area contributed by atoms with Gasteiger partial charge in [-0.3, -0.25) is 14.2 Å². The van der Waals surface area contributed by atoms with E-state index in [4.69, 9.17) is 0 Å². The maximum Gasteiger partial charge on any atom is 0.253 e. The summed E-state index contributed by atoms with van der Waals surface area (Å²) >= 11 is 0. The number of pyridine rings is 1. The molecular weight excluding hydrogens is 290 g/mol. The summed E-state index contributed by atoms with van der Waals surface area (Å²) in [4.78, 5) is 27.1. The van der Waals surface area contributed by atoms with Crippen molar-refractivity contribution in [3.63, 3.8) is 0 Å². The molecule has 0 unspecified atom stereocenters. The first-order chi connectivity index (χ1) is 11.3. The van der Waals surface area contributed by atoms with Crippen LogP contribution in [0.4, 0.5) is 0 Å². The summed E-state index contributed by atoms with van der Waals surface area (Å²) in [5.74, 6) is 1.09. The zero-order chi connectivity index (χ0) is 15.6. The number of amides is 1. The van der Waals surface area contributed by atoms with Crippen molar-refractivity contribution in [1.82, 2.24) is 24.3 Å². The number of hydrogen-bond donors (Lipinski definition) is 0. The molecule has 1 aliphatic rings. The Bertz CT molecular complexity index is 829. The molecule has 6 heteroatoms. The highest BCUT2D eigenvalue weighted by Gasteiger charge is 2.26. The number of aromatic nitrogens is 4. The van der Waals surface area contributed by atoms with Gasteiger partial charge in [0, 0.05) is 61.2 Å². The Balaban J connectivity index is 1.60. The topological polar surface area (TPSA) is 63.4 Å². The van der Waals surface area contributed by atoms with Crippen molar-refractivity contribution < 1.29 is 4.79 Å². The fraction of sp³-hybridized carbons (Fsp3) is 0.294. The second-order valence-corrected chi connectivity index (χ2v) is 5.79.